The number of ether oxygens (including phenoxy) is 1. The normalized spacial score (nSPS) is 15.0. The van der Waals surface area contributed by atoms with Crippen LogP contribution in [0.4, 0.5) is 0 Å². The molecule has 0 aliphatic heterocycles. The highest BCUT2D eigenvalue weighted by Gasteiger charge is 2.23. The van der Waals surface area contributed by atoms with E-state index in [2.05, 4.69) is 39.6 Å². The summed E-state index contributed by atoms with van der Waals surface area (Å²) in [6.07, 6.45) is 3.70. The van der Waals surface area contributed by atoms with Crippen molar-refractivity contribution in [3.63, 3.8) is 0 Å². The first kappa shape index (κ1) is 17.0. The summed E-state index contributed by atoms with van der Waals surface area (Å²) in [5, 5.41) is 0. The van der Waals surface area contributed by atoms with E-state index in [1.807, 2.05) is 13.1 Å². The van der Waals surface area contributed by atoms with E-state index in [0.717, 1.165) is 35.4 Å². The van der Waals surface area contributed by atoms with Gasteiger partial charge in [-0.1, -0.05) is 27.7 Å². The Morgan fingerprint density at radius 3 is 2.40 bits per heavy atom. The summed E-state index contributed by atoms with van der Waals surface area (Å²) in [4.78, 5) is 4.54. The van der Waals surface area contributed by atoms with E-state index in [4.69, 9.17) is 10.5 Å². The van der Waals surface area contributed by atoms with Gasteiger partial charge in [-0.15, -0.1) is 0 Å². The van der Waals surface area contributed by atoms with Gasteiger partial charge in [0.1, 0.15) is 5.75 Å². The maximum absolute atomic E-state index is 6.32. The Morgan fingerprint density at radius 1 is 1.30 bits per heavy atom. The van der Waals surface area contributed by atoms with Gasteiger partial charge >= 0.3 is 0 Å². The molecule has 0 fully saturated rings. The molecule has 3 heteroatoms. The zero-order valence-electron chi connectivity index (χ0n) is 14.1. The van der Waals surface area contributed by atoms with E-state index in [1.54, 1.807) is 7.11 Å². The minimum atomic E-state index is 0.142. The van der Waals surface area contributed by atoms with Crippen molar-refractivity contribution in [2.24, 2.45) is 17.1 Å². The number of pyridine rings is 1. The molecule has 20 heavy (non-hydrogen) atoms. The van der Waals surface area contributed by atoms with E-state index < -0.39 is 0 Å². The third-order valence-corrected chi connectivity index (χ3v) is 4.34. The third kappa shape index (κ3) is 4.20. The Bertz CT molecular complexity index is 449. The highest BCUT2D eigenvalue weighted by molar-refractivity contribution is 5.41. The molecular weight excluding hydrogens is 248 g/mol. The first-order chi connectivity index (χ1) is 9.16. The zero-order valence-corrected chi connectivity index (χ0v) is 14.1. The van der Waals surface area contributed by atoms with Gasteiger partial charge in [0.2, 0.25) is 0 Å². The fraction of sp³-hybridized carbons (Fsp3) is 0.706. The highest BCUT2D eigenvalue weighted by atomic mass is 16.5. The molecule has 2 atom stereocenters. The topological polar surface area (TPSA) is 48.1 Å². The number of aryl methyl sites for hydroxylation is 1. The van der Waals surface area contributed by atoms with Crippen LogP contribution in [0.15, 0.2) is 6.20 Å². The Kier molecular flexibility index (Phi) is 5.58. The number of rotatable bonds is 5. The maximum atomic E-state index is 6.32. The quantitative estimate of drug-likeness (QED) is 0.894. The number of aromatic nitrogens is 1. The lowest BCUT2D eigenvalue weighted by Gasteiger charge is -2.29. The fourth-order valence-corrected chi connectivity index (χ4v) is 2.42. The number of hydrogen-bond acceptors (Lipinski definition) is 3. The van der Waals surface area contributed by atoms with Crippen molar-refractivity contribution in [2.45, 2.75) is 60.4 Å². The van der Waals surface area contributed by atoms with Crippen LogP contribution in [0.5, 0.6) is 5.75 Å². The summed E-state index contributed by atoms with van der Waals surface area (Å²) in [7, 11) is 1.71. The Balaban J connectivity index is 2.79. The van der Waals surface area contributed by atoms with Gasteiger partial charge in [-0.05, 0) is 31.6 Å². The van der Waals surface area contributed by atoms with Crippen LogP contribution < -0.4 is 10.5 Å². The van der Waals surface area contributed by atoms with Crippen LogP contribution in [0, 0.1) is 25.2 Å². The van der Waals surface area contributed by atoms with Crippen LogP contribution >= 0.6 is 0 Å². The first-order valence-electron chi connectivity index (χ1n) is 7.41. The van der Waals surface area contributed by atoms with Crippen LogP contribution in [0.3, 0.4) is 0 Å². The van der Waals surface area contributed by atoms with E-state index in [9.17, 15) is 0 Å². The largest absolute Gasteiger partial charge is 0.496 e. The molecule has 1 aromatic heterocycles. The van der Waals surface area contributed by atoms with Crippen LogP contribution in [0.25, 0.3) is 0 Å². The van der Waals surface area contributed by atoms with Crippen molar-refractivity contribution in [1.29, 1.82) is 0 Å². The SMILES string of the molecule is COc1c(C)cnc(CC(N)CC(C)C(C)(C)C)c1C. The summed E-state index contributed by atoms with van der Waals surface area (Å²) in [5.74, 6) is 1.52. The lowest BCUT2D eigenvalue weighted by molar-refractivity contribution is 0.232. The van der Waals surface area contributed by atoms with Gasteiger partial charge < -0.3 is 10.5 Å². The predicted molar refractivity (Wildman–Crippen MR) is 85.2 cm³/mol. The van der Waals surface area contributed by atoms with Crippen molar-refractivity contribution >= 4 is 0 Å². The van der Waals surface area contributed by atoms with Gasteiger partial charge in [-0.25, -0.2) is 0 Å². The second-order valence-corrected chi connectivity index (χ2v) is 7.01. The molecule has 0 radical (unpaired) electrons. The molecule has 0 aliphatic rings. The van der Waals surface area contributed by atoms with Gasteiger partial charge in [0.05, 0.1) is 7.11 Å². The molecule has 0 aliphatic carbocycles. The van der Waals surface area contributed by atoms with Crippen LogP contribution in [0.1, 0.15) is 50.9 Å². The van der Waals surface area contributed by atoms with E-state index >= 15 is 0 Å². The van der Waals surface area contributed by atoms with Crippen LogP contribution in [-0.2, 0) is 6.42 Å². The molecule has 0 saturated heterocycles. The van der Waals surface area contributed by atoms with Crippen molar-refractivity contribution < 1.29 is 4.74 Å². The van der Waals surface area contributed by atoms with Gasteiger partial charge in [-0.2, -0.15) is 0 Å². The average Bonchev–Trinajstić information content (AvgIpc) is 2.32. The van der Waals surface area contributed by atoms with Crippen molar-refractivity contribution in [3.8, 4) is 5.75 Å². The minimum Gasteiger partial charge on any atom is -0.496 e. The van der Waals surface area contributed by atoms with E-state index in [1.165, 1.54) is 0 Å². The molecule has 3 nitrogen and oxygen atoms in total. The molecule has 1 aromatic rings. The molecule has 0 saturated carbocycles. The Morgan fingerprint density at radius 2 is 1.90 bits per heavy atom. The maximum Gasteiger partial charge on any atom is 0.128 e. The average molecular weight is 278 g/mol. The summed E-state index contributed by atoms with van der Waals surface area (Å²) in [6, 6.07) is 0.142. The standard InChI is InChI=1S/C17H30N2O/c1-11-10-19-15(13(3)16(11)20-7)9-14(18)8-12(2)17(4,5)6/h10,12,14H,8-9,18H2,1-7H3. The lowest BCUT2D eigenvalue weighted by Crippen LogP contribution is -2.30. The number of methoxy groups -OCH3 is 1. The highest BCUT2D eigenvalue weighted by Crippen LogP contribution is 2.30. The van der Waals surface area contributed by atoms with E-state index in [-0.39, 0.29) is 6.04 Å². The minimum absolute atomic E-state index is 0.142. The molecule has 114 valence electrons. The summed E-state index contributed by atoms with van der Waals surface area (Å²) in [6.45, 7) is 13.2. The second-order valence-electron chi connectivity index (χ2n) is 7.01. The molecule has 1 rings (SSSR count). The summed E-state index contributed by atoms with van der Waals surface area (Å²) < 4.78 is 5.45. The third-order valence-electron chi connectivity index (χ3n) is 4.34. The van der Waals surface area contributed by atoms with Gasteiger partial charge in [0.25, 0.3) is 0 Å². The Labute approximate surface area is 123 Å². The molecule has 0 bridgehead atoms. The molecule has 0 aromatic carbocycles. The van der Waals surface area contributed by atoms with Gasteiger partial charge in [0.15, 0.2) is 0 Å². The molecule has 1 heterocycles. The van der Waals surface area contributed by atoms with Crippen LogP contribution in [0.2, 0.25) is 0 Å². The van der Waals surface area contributed by atoms with E-state index in [0.29, 0.717) is 11.3 Å². The molecule has 2 unspecified atom stereocenters. The molecular formula is C17H30N2O. The van der Waals surface area contributed by atoms with Crippen molar-refractivity contribution in [1.82, 2.24) is 4.98 Å². The number of hydrogen-bond donors (Lipinski definition) is 1. The first-order valence-corrected chi connectivity index (χ1v) is 7.41. The van der Waals surface area contributed by atoms with Crippen molar-refractivity contribution in [3.05, 3.63) is 23.0 Å². The smallest absolute Gasteiger partial charge is 0.128 e. The fourth-order valence-electron chi connectivity index (χ4n) is 2.42. The lowest BCUT2D eigenvalue weighted by atomic mass is 9.78. The monoisotopic (exact) mass is 278 g/mol. The zero-order chi connectivity index (χ0) is 15.5. The Hall–Kier alpha value is -1.09. The van der Waals surface area contributed by atoms with Crippen LogP contribution in [-0.4, -0.2) is 18.1 Å². The summed E-state index contributed by atoms with van der Waals surface area (Å²) in [5.41, 5.74) is 9.87. The van der Waals surface area contributed by atoms with Gasteiger partial charge in [0, 0.05) is 35.5 Å². The van der Waals surface area contributed by atoms with Crippen molar-refractivity contribution in [2.75, 3.05) is 7.11 Å². The number of nitrogens with zero attached hydrogens (tertiary/aromatic N) is 1. The molecule has 0 amide bonds. The molecule has 2 N–H and O–H groups in total. The van der Waals surface area contributed by atoms with Gasteiger partial charge in [-0.3, -0.25) is 4.98 Å². The summed E-state index contributed by atoms with van der Waals surface area (Å²) >= 11 is 0. The predicted octanol–water partition coefficient (Wildman–Crippen LogP) is 3.65. The number of nitrogens with two attached hydrogens (primary N) is 1. The second kappa shape index (κ2) is 6.57. The molecule has 0 spiro atoms.